The lowest BCUT2D eigenvalue weighted by atomic mass is 10.1. The van der Waals surface area contributed by atoms with E-state index in [0.717, 1.165) is 32.8 Å². The van der Waals surface area contributed by atoms with Crippen molar-refractivity contribution in [2.75, 3.05) is 18.5 Å². The van der Waals surface area contributed by atoms with Crippen LogP contribution in [0.4, 0.5) is 5.95 Å². The number of anilines is 1. The molecule has 0 spiro atoms. The molecule has 0 bridgehead atoms. The maximum Gasteiger partial charge on any atom is 0.227 e. The van der Waals surface area contributed by atoms with Crippen molar-refractivity contribution in [1.29, 1.82) is 0 Å². The number of nitrogens with zero attached hydrogens (tertiary/aromatic N) is 2. The number of benzene rings is 1. The zero-order chi connectivity index (χ0) is 20.8. The number of carbonyl (C=O) groups excluding carboxylic acids is 2. The number of hydrogen-bond donors (Lipinski definition) is 1. The van der Waals surface area contributed by atoms with Crippen molar-refractivity contribution in [1.82, 2.24) is 9.55 Å². The van der Waals surface area contributed by atoms with Gasteiger partial charge in [0.25, 0.3) is 0 Å². The van der Waals surface area contributed by atoms with Gasteiger partial charge in [0.05, 0.1) is 11.0 Å². The molecule has 0 fully saturated rings. The predicted octanol–water partition coefficient (Wildman–Crippen LogP) is 4.74. The van der Waals surface area contributed by atoms with E-state index in [-0.39, 0.29) is 24.5 Å². The summed E-state index contributed by atoms with van der Waals surface area (Å²) >= 11 is 1.60. The third kappa shape index (κ3) is 5.31. The third-order valence-corrected chi connectivity index (χ3v) is 5.67. The number of amides is 1. The second-order valence-corrected chi connectivity index (χ2v) is 8.38. The van der Waals surface area contributed by atoms with Gasteiger partial charge in [-0.25, -0.2) is 4.98 Å². The number of ketones is 1. The van der Waals surface area contributed by atoms with Crippen LogP contribution in [0.2, 0.25) is 0 Å². The van der Waals surface area contributed by atoms with Gasteiger partial charge in [0.15, 0.2) is 5.78 Å². The summed E-state index contributed by atoms with van der Waals surface area (Å²) in [5.74, 6) is 0.319. The summed E-state index contributed by atoms with van der Waals surface area (Å²) in [5, 5.41) is 2.89. The van der Waals surface area contributed by atoms with Gasteiger partial charge in [-0.3, -0.25) is 14.9 Å². The van der Waals surface area contributed by atoms with E-state index in [1.807, 2.05) is 55.7 Å². The summed E-state index contributed by atoms with van der Waals surface area (Å²) in [6.07, 6.45) is 1.15. The van der Waals surface area contributed by atoms with Crippen molar-refractivity contribution < 1.29 is 14.3 Å². The molecule has 1 amide bonds. The predicted molar refractivity (Wildman–Crippen MR) is 117 cm³/mol. The number of Topliss-reactive ketones (excluding diaryl/α,β-unsaturated/α-hetero) is 1. The molecule has 0 radical (unpaired) electrons. The Kier molecular flexibility index (Phi) is 7.17. The van der Waals surface area contributed by atoms with Crippen molar-refractivity contribution in [3.05, 3.63) is 45.6 Å². The van der Waals surface area contributed by atoms with E-state index in [1.54, 1.807) is 11.3 Å². The van der Waals surface area contributed by atoms with E-state index >= 15 is 0 Å². The smallest absolute Gasteiger partial charge is 0.227 e. The molecule has 0 atom stereocenters. The summed E-state index contributed by atoms with van der Waals surface area (Å²) in [7, 11) is 0. The zero-order valence-corrected chi connectivity index (χ0v) is 18.0. The number of hydrogen-bond acceptors (Lipinski definition) is 5. The molecular weight excluding hydrogens is 386 g/mol. The van der Waals surface area contributed by atoms with E-state index in [0.29, 0.717) is 25.7 Å². The van der Waals surface area contributed by atoms with Crippen molar-refractivity contribution >= 4 is 40.0 Å². The number of ether oxygens (including phenoxy) is 1. The molecule has 0 unspecified atom stereocenters. The minimum Gasteiger partial charge on any atom is -0.382 e. The van der Waals surface area contributed by atoms with Gasteiger partial charge in [0.1, 0.15) is 0 Å². The number of nitrogens with one attached hydrogen (secondary N) is 1. The number of carbonyl (C=O) groups is 2. The minimum atomic E-state index is -0.204. The second kappa shape index (κ2) is 9.80. The van der Waals surface area contributed by atoms with Crippen molar-refractivity contribution in [2.24, 2.45) is 0 Å². The van der Waals surface area contributed by atoms with Crippen LogP contribution in [-0.2, 0) is 16.1 Å². The monoisotopic (exact) mass is 413 g/mol. The Morgan fingerprint density at radius 1 is 1.21 bits per heavy atom. The molecule has 3 rings (SSSR count). The first-order valence-corrected chi connectivity index (χ1v) is 10.7. The number of imidazole rings is 1. The van der Waals surface area contributed by atoms with Crippen LogP contribution >= 0.6 is 11.3 Å². The van der Waals surface area contributed by atoms with E-state index in [2.05, 4.69) is 10.3 Å². The largest absolute Gasteiger partial charge is 0.382 e. The highest BCUT2D eigenvalue weighted by atomic mass is 32.1. The number of fused-ring (bicyclic) bond motifs is 1. The van der Waals surface area contributed by atoms with Gasteiger partial charge < -0.3 is 9.30 Å². The van der Waals surface area contributed by atoms with Crippen molar-refractivity contribution in [2.45, 2.75) is 46.6 Å². The molecule has 0 aliphatic rings. The quantitative estimate of drug-likeness (QED) is 0.385. The van der Waals surface area contributed by atoms with E-state index in [4.69, 9.17) is 4.74 Å². The fourth-order valence-electron chi connectivity index (χ4n) is 3.32. The molecule has 1 N–H and O–H groups in total. The molecule has 6 nitrogen and oxygen atoms in total. The summed E-state index contributed by atoms with van der Waals surface area (Å²) < 4.78 is 7.43. The fourth-order valence-corrected chi connectivity index (χ4v) is 4.27. The molecular formula is C22H27N3O3S. The van der Waals surface area contributed by atoms with Crippen LogP contribution in [0, 0.1) is 13.8 Å². The number of thiophene rings is 1. The lowest BCUT2D eigenvalue weighted by molar-refractivity contribution is -0.116. The van der Waals surface area contributed by atoms with Crippen LogP contribution in [0.15, 0.2) is 30.3 Å². The molecule has 1 aromatic carbocycles. The highest BCUT2D eigenvalue weighted by Crippen LogP contribution is 2.23. The third-order valence-electron chi connectivity index (χ3n) is 4.70. The Balaban J connectivity index is 1.66. The van der Waals surface area contributed by atoms with Gasteiger partial charge in [-0.05, 0) is 45.4 Å². The molecule has 0 aliphatic heterocycles. The number of aryl methyl sites for hydroxylation is 3. The molecule has 7 heteroatoms. The van der Waals surface area contributed by atoms with Crippen LogP contribution < -0.4 is 5.32 Å². The standard InChI is InChI=1S/C22H27N3O3S/c1-4-28-13-7-12-25-19-9-6-5-8-18(19)23-22(25)24-21(27)11-10-20(26)17-14-15(2)29-16(17)3/h5-6,8-9,14H,4,7,10-13H2,1-3H3,(H,23,24,27). The summed E-state index contributed by atoms with van der Waals surface area (Å²) in [4.78, 5) is 31.6. The summed E-state index contributed by atoms with van der Waals surface area (Å²) in [6, 6.07) is 9.70. The van der Waals surface area contributed by atoms with Crippen LogP contribution in [0.3, 0.4) is 0 Å². The highest BCUT2D eigenvalue weighted by Gasteiger charge is 2.16. The zero-order valence-electron chi connectivity index (χ0n) is 17.2. The SMILES string of the molecule is CCOCCCn1c(NC(=O)CCC(=O)c2cc(C)sc2C)nc2ccccc21. The summed E-state index contributed by atoms with van der Waals surface area (Å²) in [6.45, 7) is 7.93. The Morgan fingerprint density at radius 3 is 2.72 bits per heavy atom. The van der Waals surface area contributed by atoms with Gasteiger partial charge >= 0.3 is 0 Å². The van der Waals surface area contributed by atoms with Gasteiger partial charge in [-0.15, -0.1) is 11.3 Å². The van der Waals surface area contributed by atoms with Crippen LogP contribution in [0.25, 0.3) is 11.0 Å². The lowest BCUT2D eigenvalue weighted by Gasteiger charge is -2.10. The Morgan fingerprint density at radius 2 is 2.00 bits per heavy atom. The van der Waals surface area contributed by atoms with Gasteiger partial charge in [0.2, 0.25) is 11.9 Å². The van der Waals surface area contributed by atoms with Crippen LogP contribution in [0.1, 0.15) is 46.3 Å². The molecule has 2 heterocycles. The van der Waals surface area contributed by atoms with E-state index < -0.39 is 0 Å². The van der Waals surface area contributed by atoms with Gasteiger partial charge in [0, 0.05) is 47.9 Å². The van der Waals surface area contributed by atoms with E-state index in [9.17, 15) is 9.59 Å². The Labute approximate surface area is 174 Å². The average Bonchev–Trinajstić information content (AvgIpc) is 3.22. The Bertz CT molecular complexity index is 1010. The van der Waals surface area contributed by atoms with Gasteiger partial charge in [-0.1, -0.05) is 12.1 Å². The van der Waals surface area contributed by atoms with Crippen LogP contribution in [-0.4, -0.2) is 34.5 Å². The molecule has 0 aliphatic carbocycles. The second-order valence-electron chi connectivity index (χ2n) is 6.92. The molecule has 29 heavy (non-hydrogen) atoms. The first-order valence-electron chi connectivity index (χ1n) is 9.92. The lowest BCUT2D eigenvalue weighted by Crippen LogP contribution is -2.17. The van der Waals surface area contributed by atoms with Crippen LogP contribution in [0.5, 0.6) is 0 Å². The van der Waals surface area contributed by atoms with Crippen molar-refractivity contribution in [3.8, 4) is 0 Å². The molecule has 154 valence electrons. The average molecular weight is 414 g/mol. The topological polar surface area (TPSA) is 73.2 Å². The summed E-state index contributed by atoms with van der Waals surface area (Å²) in [5.41, 5.74) is 2.53. The molecule has 3 aromatic rings. The molecule has 0 saturated heterocycles. The maximum absolute atomic E-state index is 12.5. The number of rotatable bonds is 10. The first kappa shape index (κ1) is 21.2. The van der Waals surface area contributed by atoms with Gasteiger partial charge in [-0.2, -0.15) is 0 Å². The minimum absolute atomic E-state index is 0.00668. The maximum atomic E-state index is 12.5. The fraction of sp³-hybridized carbons (Fsp3) is 0.409. The molecule has 0 saturated carbocycles. The van der Waals surface area contributed by atoms with E-state index in [1.165, 1.54) is 0 Å². The van der Waals surface area contributed by atoms with Crippen molar-refractivity contribution in [3.63, 3.8) is 0 Å². The molecule has 2 aromatic heterocycles. The normalized spacial score (nSPS) is 11.1. The number of aromatic nitrogens is 2. The highest BCUT2D eigenvalue weighted by molar-refractivity contribution is 7.12. The Hall–Kier alpha value is -2.51. The number of para-hydroxylation sites is 2. The first-order chi connectivity index (χ1) is 14.0.